The maximum Gasteiger partial charge on any atom is 0.222 e. The second kappa shape index (κ2) is 5.70. The van der Waals surface area contributed by atoms with Gasteiger partial charge < -0.3 is 9.64 Å². The average Bonchev–Trinajstić information content (AvgIpc) is 2.66. The number of amides is 1. The molecule has 1 aliphatic heterocycles. The number of nitrogens with zero attached hydrogens (tertiary/aromatic N) is 1. The summed E-state index contributed by atoms with van der Waals surface area (Å²) in [6.45, 7) is 0.868. The van der Waals surface area contributed by atoms with E-state index in [0.29, 0.717) is 18.2 Å². The van der Waals surface area contributed by atoms with E-state index in [1.807, 2.05) is 18.0 Å². The number of ether oxygens (including phenoxy) is 1. The van der Waals surface area contributed by atoms with E-state index in [0.717, 1.165) is 18.7 Å². The van der Waals surface area contributed by atoms with Gasteiger partial charge in [0.2, 0.25) is 5.91 Å². The molecule has 2 aliphatic rings. The molecule has 114 valence electrons. The Bertz CT molecular complexity index is 528. The van der Waals surface area contributed by atoms with Crippen LogP contribution in [0.5, 0.6) is 5.75 Å². The summed E-state index contributed by atoms with van der Waals surface area (Å²) < 4.78 is 5.42. The van der Waals surface area contributed by atoms with Crippen LogP contribution in [0.3, 0.4) is 0 Å². The minimum absolute atomic E-state index is 0.160. The standard InChI is InChI=1S/C18H25NO2/c1-19-11-10-18(14-7-5-8-16(12-14)21-2)9-4-3-6-15(18)13-17(19)20/h5,7-8,12,15H,3-4,6,9-11,13H2,1-2H3. The number of benzene rings is 1. The van der Waals surface area contributed by atoms with Gasteiger partial charge in [-0.3, -0.25) is 4.79 Å². The molecule has 21 heavy (non-hydrogen) atoms. The highest BCUT2D eigenvalue weighted by Crippen LogP contribution is 2.49. The summed E-state index contributed by atoms with van der Waals surface area (Å²) >= 11 is 0. The van der Waals surface area contributed by atoms with E-state index >= 15 is 0 Å². The van der Waals surface area contributed by atoms with Gasteiger partial charge in [0, 0.05) is 25.4 Å². The van der Waals surface area contributed by atoms with Gasteiger partial charge >= 0.3 is 0 Å². The van der Waals surface area contributed by atoms with E-state index in [1.54, 1.807) is 7.11 Å². The quantitative estimate of drug-likeness (QED) is 0.834. The molecule has 0 bridgehead atoms. The maximum absolute atomic E-state index is 12.3. The Hall–Kier alpha value is -1.51. The molecular formula is C18H25NO2. The van der Waals surface area contributed by atoms with Crippen LogP contribution in [-0.2, 0) is 10.2 Å². The van der Waals surface area contributed by atoms with Gasteiger partial charge in [0.25, 0.3) is 0 Å². The monoisotopic (exact) mass is 287 g/mol. The number of carbonyl (C=O) groups is 1. The fraction of sp³-hybridized carbons (Fsp3) is 0.611. The van der Waals surface area contributed by atoms with Gasteiger partial charge in [-0.1, -0.05) is 25.0 Å². The van der Waals surface area contributed by atoms with Crippen molar-refractivity contribution in [1.29, 1.82) is 0 Å². The molecule has 0 N–H and O–H groups in total. The molecule has 1 aliphatic carbocycles. The van der Waals surface area contributed by atoms with Crippen molar-refractivity contribution in [2.45, 2.75) is 43.9 Å². The van der Waals surface area contributed by atoms with Gasteiger partial charge in [0.05, 0.1) is 7.11 Å². The number of hydrogen-bond donors (Lipinski definition) is 0. The summed E-state index contributed by atoms with van der Waals surface area (Å²) in [6, 6.07) is 8.52. The van der Waals surface area contributed by atoms with Crippen LogP contribution >= 0.6 is 0 Å². The lowest BCUT2D eigenvalue weighted by molar-refractivity contribution is -0.130. The molecule has 1 aromatic carbocycles. The molecular weight excluding hydrogens is 262 g/mol. The van der Waals surface area contributed by atoms with E-state index in [-0.39, 0.29) is 5.41 Å². The number of likely N-dealkylation sites (tertiary alicyclic amines) is 1. The summed E-state index contributed by atoms with van der Waals surface area (Å²) in [5.74, 6) is 1.72. The zero-order valence-corrected chi connectivity index (χ0v) is 13.1. The van der Waals surface area contributed by atoms with Gasteiger partial charge in [-0.25, -0.2) is 0 Å². The highest BCUT2D eigenvalue weighted by Gasteiger charge is 2.45. The van der Waals surface area contributed by atoms with Crippen LogP contribution in [-0.4, -0.2) is 31.5 Å². The lowest BCUT2D eigenvalue weighted by atomic mass is 9.60. The molecule has 0 spiro atoms. The molecule has 2 fully saturated rings. The molecule has 2 unspecified atom stereocenters. The molecule has 1 saturated heterocycles. The summed E-state index contributed by atoms with van der Waals surface area (Å²) in [6.07, 6.45) is 6.68. The molecule has 3 nitrogen and oxygen atoms in total. The number of methoxy groups -OCH3 is 1. The van der Waals surface area contributed by atoms with Crippen molar-refractivity contribution in [2.24, 2.45) is 5.92 Å². The highest BCUT2D eigenvalue weighted by atomic mass is 16.5. The Balaban J connectivity index is 2.02. The van der Waals surface area contributed by atoms with Gasteiger partial charge in [0.1, 0.15) is 5.75 Å². The Morgan fingerprint density at radius 3 is 2.95 bits per heavy atom. The first kappa shape index (κ1) is 14.4. The molecule has 3 heteroatoms. The number of rotatable bonds is 2. The third kappa shape index (κ3) is 2.54. The van der Waals surface area contributed by atoms with Crippen molar-refractivity contribution in [3.63, 3.8) is 0 Å². The van der Waals surface area contributed by atoms with E-state index < -0.39 is 0 Å². The fourth-order valence-corrected chi connectivity index (χ4v) is 4.25. The lowest BCUT2D eigenvalue weighted by Gasteiger charge is -2.43. The topological polar surface area (TPSA) is 29.5 Å². The van der Waals surface area contributed by atoms with Crippen LogP contribution in [0, 0.1) is 5.92 Å². The second-order valence-electron chi connectivity index (χ2n) is 6.60. The van der Waals surface area contributed by atoms with Crippen molar-refractivity contribution in [3.05, 3.63) is 29.8 Å². The van der Waals surface area contributed by atoms with Crippen LogP contribution in [0.4, 0.5) is 0 Å². The van der Waals surface area contributed by atoms with Gasteiger partial charge in [-0.2, -0.15) is 0 Å². The van der Waals surface area contributed by atoms with E-state index in [1.165, 1.54) is 31.2 Å². The summed E-state index contributed by atoms with van der Waals surface area (Å²) in [5, 5.41) is 0. The smallest absolute Gasteiger partial charge is 0.222 e. The highest BCUT2D eigenvalue weighted by molar-refractivity contribution is 5.76. The lowest BCUT2D eigenvalue weighted by Crippen LogP contribution is -2.38. The van der Waals surface area contributed by atoms with Crippen molar-refractivity contribution in [1.82, 2.24) is 4.90 Å². The fourth-order valence-electron chi connectivity index (χ4n) is 4.25. The zero-order valence-electron chi connectivity index (χ0n) is 13.1. The summed E-state index contributed by atoms with van der Waals surface area (Å²) in [7, 11) is 3.67. The molecule has 3 rings (SSSR count). The number of hydrogen-bond acceptors (Lipinski definition) is 2. The second-order valence-corrected chi connectivity index (χ2v) is 6.60. The Morgan fingerprint density at radius 1 is 1.29 bits per heavy atom. The average molecular weight is 287 g/mol. The van der Waals surface area contributed by atoms with Gasteiger partial charge in [-0.15, -0.1) is 0 Å². The van der Waals surface area contributed by atoms with Crippen LogP contribution in [0.2, 0.25) is 0 Å². The first-order valence-electron chi connectivity index (χ1n) is 8.04. The zero-order chi connectivity index (χ0) is 14.9. The molecule has 1 saturated carbocycles. The van der Waals surface area contributed by atoms with Crippen molar-refractivity contribution < 1.29 is 9.53 Å². The first-order chi connectivity index (χ1) is 10.2. The number of carbonyl (C=O) groups excluding carboxylic acids is 1. The minimum Gasteiger partial charge on any atom is -0.497 e. The normalized spacial score (nSPS) is 29.7. The van der Waals surface area contributed by atoms with Crippen LogP contribution < -0.4 is 4.74 Å². The molecule has 0 radical (unpaired) electrons. The van der Waals surface area contributed by atoms with Crippen LogP contribution in [0.25, 0.3) is 0 Å². The van der Waals surface area contributed by atoms with E-state index in [4.69, 9.17) is 4.74 Å². The van der Waals surface area contributed by atoms with Gasteiger partial charge in [-0.05, 0) is 42.9 Å². The van der Waals surface area contributed by atoms with Crippen molar-refractivity contribution >= 4 is 5.91 Å². The largest absolute Gasteiger partial charge is 0.497 e. The molecule has 2 atom stereocenters. The third-order valence-corrected chi connectivity index (χ3v) is 5.59. The summed E-state index contributed by atoms with van der Waals surface area (Å²) in [5.41, 5.74) is 1.53. The van der Waals surface area contributed by atoms with Gasteiger partial charge in [0.15, 0.2) is 0 Å². The SMILES string of the molecule is COc1cccc(C23CCCCC2CC(=O)N(C)CC3)c1. The molecule has 0 aromatic heterocycles. The van der Waals surface area contributed by atoms with E-state index in [2.05, 4.69) is 18.2 Å². The molecule has 1 heterocycles. The van der Waals surface area contributed by atoms with Crippen LogP contribution in [0.15, 0.2) is 24.3 Å². The maximum atomic E-state index is 12.3. The Morgan fingerprint density at radius 2 is 2.14 bits per heavy atom. The van der Waals surface area contributed by atoms with Crippen molar-refractivity contribution in [3.8, 4) is 5.75 Å². The molecule has 1 aromatic rings. The van der Waals surface area contributed by atoms with Crippen molar-refractivity contribution in [2.75, 3.05) is 20.7 Å². The summed E-state index contributed by atoms with van der Waals surface area (Å²) in [4.78, 5) is 14.2. The number of fused-ring (bicyclic) bond motifs is 1. The molecule has 1 amide bonds. The predicted molar refractivity (Wildman–Crippen MR) is 83.5 cm³/mol. The van der Waals surface area contributed by atoms with E-state index in [9.17, 15) is 4.79 Å². The van der Waals surface area contributed by atoms with Crippen LogP contribution in [0.1, 0.15) is 44.1 Å². The Kier molecular flexibility index (Phi) is 3.92. The third-order valence-electron chi connectivity index (χ3n) is 5.59. The minimum atomic E-state index is 0.160. The Labute approximate surface area is 127 Å². The predicted octanol–water partition coefficient (Wildman–Crippen LogP) is 3.38. The first-order valence-corrected chi connectivity index (χ1v) is 8.04.